The van der Waals surface area contributed by atoms with E-state index in [1.54, 1.807) is 0 Å². The summed E-state index contributed by atoms with van der Waals surface area (Å²) in [6.45, 7) is 9.80. The molecule has 0 nitrogen and oxygen atoms in total. The first-order valence-electron chi connectivity index (χ1n) is 4.85. The number of rotatable bonds is 5. The zero-order chi connectivity index (χ0) is 9.23. The SMILES string of the molecule is [CH2]CC#CCCCCC(C)C[CH2]. The van der Waals surface area contributed by atoms with E-state index in [2.05, 4.69) is 32.6 Å². The van der Waals surface area contributed by atoms with Crippen molar-refractivity contribution in [2.75, 3.05) is 0 Å². The summed E-state index contributed by atoms with van der Waals surface area (Å²) in [5.74, 6) is 6.86. The van der Waals surface area contributed by atoms with E-state index in [1.165, 1.54) is 19.3 Å². The second kappa shape index (κ2) is 8.65. The largest absolute Gasteiger partial charge is 0.103 e. The van der Waals surface area contributed by atoms with E-state index in [-0.39, 0.29) is 0 Å². The zero-order valence-electron chi connectivity index (χ0n) is 8.23. The van der Waals surface area contributed by atoms with Crippen molar-refractivity contribution in [1.82, 2.24) is 0 Å². The van der Waals surface area contributed by atoms with Gasteiger partial charge in [0, 0.05) is 12.8 Å². The van der Waals surface area contributed by atoms with E-state index in [9.17, 15) is 0 Å². The van der Waals surface area contributed by atoms with Gasteiger partial charge >= 0.3 is 0 Å². The molecular formula is C12H20. The molecule has 12 heavy (non-hydrogen) atoms. The molecule has 0 spiro atoms. The van der Waals surface area contributed by atoms with Crippen molar-refractivity contribution < 1.29 is 0 Å². The average Bonchev–Trinajstić information content (AvgIpc) is 2.10. The van der Waals surface area contributed by atoms with E-state index in [1.807, 2.05) is 0 Å². The predicted octanol–water partition coefficient (Wildman–Crippen LogP) is 3.63. The second-order valence-electron chi connectivity index (χ2n) is 3.24. The molecule has 0 saturated heterocycles. The van der Waals surface area contributed by atoms with Crippen LogP contribution in [-0.2, 0) is 0 Å². The topological polar surface area (TPSA) is 0 Å². The van der Waals surface area contributed by atoms with Gasteiger partial charge < -0.3 is 0 Å². The molecule has 0 heterocycles. The standard InChI is InChI=1S/C12H20/c1-4-6-7-8-9-10-11-12(3)5-2/h12H,1-2,4-5,8-11H2,3H3. The monoisotopic (exact) mass is 164 g/mol. The highest BCUT2D eigenvalue weighted by Crippen LogP contribution is 2.11. The zero-order valence-corrected chi connectivity index (χ0v) is 8.23. The molecule has 0 aliphatic heterocycles. The van der Waals surface area contributed by atoms with Gasteiger partial charge in [0.05, 0.1) is 0 Å². The van der Waals surface area contributed by atoms with Crippen molar-refractivity contribution in [3.05, 3.63) is 13.8 Å². The normalized spacial score (nSPS) is 11.9. The average molecular weight is 164 g/mol. The molecule has 1 unspecified atom stereocenters. The third kappa shape index (κ3) is 7.66. The van der Waals surface area contributed by atoms with Crippen molar-refractivity contribution in [3.63, 3.8) is 0 Å². The lowest BCUT2D eigenvalue weighted by molar-refractivity contribution is 0.505. The molecule has 0 heteroatoms. The van der Waals surface area contributed by atoms with E-state index in [4.69, 9.17) is 0 Å². The minimum absolute atomic E-state index is 0.745. The molecule has 2 radical (unpaired) electrons. The Kier molecular flexibility index (Phi) is 8.34. The summed E-state index contributed by atoms with van der Waals surface area (Å²) in [7, 11) is 0. The van der Waals surface area contributed by atoms with Crippen LogP contribution in [0, 0.1) is 31.6 Å². The highest BCUT2D eigenvalue weighted by Gasteiger charge is 1.96. The van der Waals surface area contributed by atoms with E-state index < -0.39 is 0 Å². The third-order valence-corrected chi connectivity index (χ3v) is 1.99. The summed E-state index contributed by atoms with van der Waals surface area (Å²) in [5, 5.41) is 0. The van der Waals surface area contributed by atoms with E-state index in [0.717, 1.165) is 25.2 Å². The highest BCUT2D eigenvalue weighted by atomic mass is 14.0. The maximum atomic E-state index is 3.88. The van der Waals surface area contributed by atoms with Crippen LogP contribution in [0.15, 0.2) is 0 Å². The molecule has 0 amide bonds. The molecule has 1 atom stereocenters. The molecular weight excluding hydrogens is 144 g/mol. The van der Waals surface area contributed by atoms with Crippen LogP contribution in [0.2, 0.25) is 0 Å². The van der Waals surface area contributed by atoms with Crippen LogP contribution in [-0.4, -0.2) is 0 Å². The van der Waals surface area contributed by atoms with Crippen LogP contribution >= 0.6 is 0 Å². The van der Waals surface area contributed by atoms with Gasteiger partial charge in [-0.3, -0.25) is 0 Å². The van der Waals surface area contributed by atoms with Crippen LogP contribution in [0.4, 0.5) is 0 Å². The van der Waals surface area contributed by atoms with Crippen molar-refractivity contribution in [3.8, 4) is 11.8 Å². The lowest BCUT2D eigenvalue weighted by Gasteiger charge is -2.05. The molecule has 0 aliphatic rings. The van der Waals surface area contributed by atoms with Gasteiger partial charge in [-0.15, -0.1) is 11.8 Å². The Hall–Kier alpha value is -0.440. The number of hydrogen-bond donors (Lipinski definition) is 0. The minimum atomic E-state index is 0.745. The van der Waals surface area contributed by atoms with E-state index >= 15 is 0 Å². The fourth-order valence-corrected chi connectivity index (χ4v) is 1.03. The molecule has 0 aliphatic carbocycles. The summed E-state index contributed by atoms with van der Waals surface area (Å²) in [4.78, 5) is 0. The first kappa shape index (κ1) is 11.6. The van der Waals surface area contributed by atoms with Gasteiger partial charge in [0.2, 0.25) is 0 Å². The summed E-state index contributed by atoms with van der Waals surface area (Å²) >= 11 is 0. The fourth-order valence-electron chi connectivity index (χ4n) is 1.03. The summed E-state index contributed by atoms with van der Waals surface area (Å²) in [6.07, 6.45) is 6.68. The van der Waals surface area contributed by atoms with Gasteiger partial charge in [0.1, 0.15) is 0 Å². The quantitative estimate of drug-likeness (QED) is 0.430. The van der Waals surface area contributed by atoms with Crippen molar-refractivity contribution in [1.29, 1.82) is 0 Å². The molecule has 0 saturated carbocycles. The Morgan fingerprint density at radius 3 is 2.50 bits per heavy atom. The Bertz CT molecular complexity index is 136. The molecule has 0 bridgehead atoms. The highest BCUT2D eigenvalue weighted by molar-refractivity contribution is 4.98. The predicted molar refractivity (Wildman–Crippen MR) is 55.4 cm³/mol. The Morgan fingerprint density at radius 2 is 1.92 bits per heavy atom. The molecule has 0 aromatic rings. The number of unbranched alkanes of at least 4 members (excludes halogenated alkanes) is 2. The Morgan fingerprint density at radius 1 is 1.17 bits per heavy atom. The van der Waals surface area contributed by atoms with Crippen LogP contribution in [0.3, 0.4) is 0 Å². The second-order valence-corrected chi connectivity index (χ2v) is 3.24. The summed E-state index contributed by atoms with van der Waals surface area (Å²) < 4.78 is 0. The maximum absolute atomic E-state index is 3.88. The third-order valence-electron chi connectivity index (χ3n) is 1.99. The van der Waals surface area contributed by atoms with Crippen LogP contribution in [0.1, 0.15) is 45.4 Å². The first-order chi connectivity index (χ1) is 5.81. The number of hydrogen-bond acceptors (Lipinski definition) is 0. The van der Waals surface area contributed by atoms with Crippen LogP contribution < -0.4 is 0 Å². The van der Waals surface area contributed by atoms with Crippen LogP contribution in [0.5, 0.6) is 0 Å². The van der Waals surface area contributed by atoms with Gasteiger partial charge in [0.15, 0.2) is 0 Å². The molecule has 0 fully saturated rings. The summed E-state index contributed by atoms with van der Waals surface area (Å²) in [6, 6.07) is 0. The maximum Gasteiger partial charge on any atom is 0.00890 e. The van der Waals surface area contributed by atoms with Crippen molar-refractivity contribution in [2.45, 2.75) is 45.4 Å². The summed E-state index contributed by atoms with van der Waals surface area (Å²) in [5.41, 5.74) is 0. The smallest absolute Gasteiger partial charge is 0.00890 e. The van der Waals surface area contributed by atoms with Gasteiger partial charge in [-0.05, 0) is 19.3 Å². The van der Waals surface area contributed by atoms with Gasteiger partial charge in [-0.25, -0.2) is 0 Å². The molecule has 0 N–H and O–H groups in total. The Labute approximate surface area is 77.8 Å². The molecule has 68 valence electrons. The van der Waals surface area contributed by atoms with Gasteiger partial charge in [-0.1, -0.05) is 33.1 Å². The van der Waals surface area contributed by atoms with E-state index in [0.29, 0.717) is 0 Å². The Balaban J connectivity index is 3.10. The lowest BCUT2D eigenvalue weighted by atomic mass is 10.0. The van der Waals surface area contributed by atoms with Crippen molar-refractivity contribution in [2.24, 2.45) is 5.92 Å². The van der Waals surface area contributed by atoms with Gasteiger partial charge in [0.25, 0.3) is 0 Å². The minimum Gasteiger partial charge on any atom is -0.103 e. The fraction of sp³-hybridized carbons (Fsp3) is 0.667. The molecule has 0 rings (SSSR count). The van der Waals surface area contributed by atoms with Gasteiger partial charge in [-0.2, -0.15) is 0 Å². The molecule has 0 aromatic carbocycles. The first-order valence-corrected chi connectivity index (χ1v) is 4.85. The van der Waals surface area contributed by atoms with Crippen molar-refractivity contribution >= 4 is 0 Å². The lowest BCUT2D eigenvalue weighted by Crippen LogP contribution is -1.91. The van der Waals surface area contributed by atoms with Crippen LogP contribution in [0.25, 0.3) is 0 Å². The molecule has 0 aromatic heterocycles.